The van der Waals surface area contributed by atoms with Gasteiger partial charge in [0.25, 0.3) is 0 Å². The van der Waals surface area contributed by atoms with Gasteiger partial charge in [0.2, 0.25) is 5.91 Å². The Morgan fingerprint density at radius 3 is 2.81 bits per heavy atom. The lowest BCUT2D eigenvalue weighted by atomic mass is 10.2. The number of nitrogens with zero attached hydrogens (tertiary/aromatic N) is 1. The van der Waals surface area contributed by atoms with Crippen molar-refractivity contribution in [3.63, 3.8) is 0 Å². The van der Waals surface area contributed by atoms with Crippen LogP contribution in [0, 0.1) is 0 Å². The van der Waals surface area contributed by atoms with E-state index in [1.54, 1.807) is 0 Å². The third kappa shape index (κ3) is 4.01. The zero-order valence-corrected chi connectivity index (χ0v) is 12.4. The van der Waals surface area contributed by atoms with Crippen LogP contribution >= 0.6 is 12.4 Å². The van der Waals surface area contributed by atoms with E-state index in [-0.39, 0.29) is 36.9 Å². The molecule has 0 bridgehead atoms. The van der Waals surface area contributed by atoms with Crippen molar-refractivity contribution in [2.24, 2.45) is 0 Å². The zero-order chi connectivity index (χ0) is 13.9. The lowest BCUT2D eigenvalue weighted by Gasteiger charge is -2.31. The molecule has 7 heteroatoms. The van der Waals surface area contributed by atoms with Crippen molar-refractivity contribution in [3.05, 3.63) is 24.3 Å². The van der Waals surface area contributed by atoms with Gasteiger partial charge in [0.05, 0.1) is 17.9 Å². The largest absolute Gasteiger partial charge is 0.382 e. The van der Waals surface area contributed by atoms with Crippen LogP contribution in [0.4, 0.5) is 16.2 Å². The van der Waals surface area contributed by atoms with E-state index in [9.17, 15) is 9.59 Å². The summed E-state index contributed by atoms with van der Waals surface area (Å²) in [7, 11) is 0. The number of urea groups is 1. The molecule has 0 radical (unpaired) electrons. The van der Waals surface area contributed by atoms with Crippen molar-refractivity contribution >= 4 is 35.7 Å². The van der Waals surface area contributed by atoms with Crippen LogP contribution in [0.3, 0.4) is 0 Å². The molecule has 3 rings (SSSR count). The van der Waals surface area contributed by atoms with Gasteiger partial charge in [0, 0.05) is 19.1 Å². The summed E-state index contributed by atoms with van der Waals surface area (Å²) in [5, 5.41) is 8.41. The fraction of sp³-hybridized carbons (Fsp3) is 0.429. The molecule has 0 aromatic heterocycles. The first-order valence-corrected chi connectivity index (χ1v) is 6.90. The lowest BCUT2D eigenvalue weighted by molar-refractivity contribution is -0.118. The number of nitrogens with one attached hydrogen (secondary N) is 3. The zero-order valence-electron chi connectivity index (χ0n) is 11.6. The Kier molecular flexibility index (Phi) is 4.90. The van der Waals surface area contributed by atoms with Crippen LogP contribution < -0.4 is 20.9 Å². The van der Waals surface area contributed by atoms with Crippen LogP contribution in [0.1, 0.15) is 12.8 Å². The molecule has 1 aromatic rings. The molecule has 1 saturated carbocycles. The minimum Gasteiger partial charge on any atom is -0.382 e. The first kappa shape index (κ1) is 15.4. The molecule has 1 aliphatic heterocycles. The molecular weight excluding hydrogens is 292 g/mol. The Hall–Kier alpha value is -1.95. The molecule has 3 amide bonds. The van der Waals surface area contributed by atoms with E-state index < -0.39 is 0 Å². The Balaban J connectivity index is 0.00000161. The summed E-state index contributed by atoms with van der Waals surface area (Å²) in [6, 6.07) is 7.72. The van der Waals surface area contributed by atoms with Gasteiger partial charge in [0.15, 0.2) is 0 Å². The molecule has 1 aliphatic carbocycles. The van der Waals surface area contributed by atoms with Gasteiger partial charge in [-0.15, -0.1) is 12.4 Å². The standard InChI is InChI=1S/C14H18N4O2.ClH/c19-13(17-14(20)16-10-5-6-10)9-18-8-7-15-11-3-1-2-4-12(11)18;/h1-4,10,15H,5-9H2,(H2,16,17,19,20);1H. The Labute approximate surface area is 129 Å². The Bertz CT molecular complexity index is 533. The molecular formula is C14H19ClN4O2. The third-order valence-electron chi connectivity index (χ3n) is 3.44. The van der Waals surface area contributed by atoms with Crippen LogP contribution in [0.2, 0.25) is 0 Å². The molecule has 1 heterocycles. The number of amides is 3. The molecule has 0 atom stereocenters. The molecule has 21 heavy (non-hydrogen) atoms. The van der Waals surface area contributed by atoms with E-state index in [2.05, 4.69) is 16.0 Å². The summed E-state index contributed by atoms with van der Waals surface area (Å²) in [6.45, 7) is 1.73. The molecule has 2 aliphatic rings. The van der Waals surface area contributed by atoms with Gasteiger partial charge in [-0.3, -0.25) is 10.1 Å². The number of benzene rings is 1. The van der Waals surface area contributed by atoms with E-state index >= 15 is 0 Å². The highest BCUT2D eigenvalue weighted by atomic mass is 35.5. The molecule has 1 aromatic carbocycles. The molecule has 114 valence electrons. The summed E-state index contributed by atoms with van der Waals surface area (Å²) in [5.41, 5.74) is 2.02. The Morgan fingerprint density at radius 2 is 2.05 bits per heavy atom. The predicted octanol–water partition coefficient (Wildman–Crippen LogP) is 1.33. The number of imide groups is 1. The van der Waals surface area contributed by atoms with E-state index in [1.165, 1.54) is 0 Å². The summed E-state index contributed by atoms with van der Waals surface area (Å²) < 4.78 is 0. The normalized spacial score (nSPS) is 16.1. The lowest BCUT2D eigenvalue weighted by Crippen LogP contribution is -2.47. The summed E-state index contributed by atoms with van der Waals surface area (Å²) in [4.78, 5) is 25.4. The van der Waals surface area contributed by atoms with Crippen molar-refractivity contribution < 1.29 is 9.59 Å². The minimum absolute atomic E-state index is 0. The smallest absolute Gasteiger partial charge is 0.321 e. The number of carbonyl (C=O) groups excluding carboxylic acids is 2. The number of fused-ring (bicyclic) bond motifs is 1. The highest BCUT2D eigenvalue weighted by Crippen LogP contribution is 2.27. The molecule has 1 fully saturated rings. The van der Waals surface area contributed by atoms with Crippen molar-refractivity contribution in [3.8, 4) is 0 Å². The fourth-order valence-electron chi connectivity index (χ4n) is 2.30. The summed E-state index contributed by atoms with van der Waals surface area (Å²) in [5.74, 6) is -0.278. The fourth-order valence-corrected chi connectivity index (χ4v) is 2.30. The van der Waals surface area contributed by atoms with Crippen molar-refractivity contribution in [2.75, 3.05) is 29.9 Å². The average molecular weight is 311 g/mol. The monoisotopic (exact) mass is 310 g/mol. The van der Waals surface area contributed by atoms with E-state index in [0.29, 0.717) is 0 Å². The minimum atomic E-state index is -0.388. The highest BCUT2D eigenvalue weighted by Gasteiger charge is 2.24. The topological polar surface area (TPSA) is 73.5 Å². The Morgan fingerprint density at radius 1 is 1.29 bits per heavy atom. The molecule has 3 N–H and O–H groups in total. The van der Waals surface area contributed by atoms with Crippen LogP contribution in [-0.4, -0.2) is 37.6 Å². The van der Waals surface area contributed by atoms with Gasteiger partial charge in [-0.1, -0.05) is 12.1 Å². The van der Waals surface area contributed by atoms with Crippen LogP contribution in [0.5, 0.6) is 0 Å². The highest BCUT2D eigenvalue weighted by molar-refractivity contribution is 5.97. The first-order chi connectivity index (χ1) is 9.72. The van der Waals surface area contributed by atoms with E-state index in [4.69, 9.17) is 0 Å². The van der Waals surface area contributed by atoms with Gasteiger partial charge >= 0.3 is 6.03 Å². The van der Waals surface area contributed by atoms with Crippen LogP contribution in [0.15, 0.2) is 24.3 Å². The molecule has 6 nitrogen and oxygen atoms in total. The second-order valence-electron chi connectivity index (χ2n) is 5.16. The van der Waals surface area contributed by atoms with Crippen molar-refractivity contribution in [1.29, 1.82) is 0 Å². The van der Waals surface area contributed by atoms with Gasteiger partial charge < -0.3 is 15.5 Å². The third-order valence-corrected chi connectivity index (χ3v) is 3.44. The maximum atomic E-state index is 11.9. The maximum Gasteiger partial charge on any atom is 0.321 e. The summed E-state index contributed by atoms with van der Waals surface area (Å²) >= 11 is 0. The van der Waals surface area contributed by atoms with E-state index in [0.717, 1.165) is 37.3 Å². The van der Waals surface area contributed by atoms with E-state index in [1.807, 2.05) is 29.2 Å². The molecule has 0 saturated heterocycles. The van der Waals surface area contributed by atoms with Gasteiger partial charge in [-0.05, 0) is 25.0 Å². The second-order valence-corrected chi connectivity index (χ2v) is 5.16. The van der Waals surface area contributed by atoms with Gasteiger partial charge in [0.1, 0.15) is 0 Å². The predicted molar refractivity (Wildman–Crippen MR) is 84.1 cm³/mol. The van der Waals surface area contributed by atoms with Gasteiger partial charge in [-0.25, -0.2) is 4.79 Å². The quantitative estimate of drug-likeness (QED) is 0.787. The van der Waals surface area contributed by atoms with Crippen LogP contribution in [0.25, 0.3) is 0 Å². The SMILES string of the molecule is Cl.O=C(CN1CCNc2ccccc21)NC(=O)NC1CC1. The number of hydrogen-bond acceptors (Lipinski definition) is 4. The number of para-hydroxylation sites is 2. The molecule has 0 unspecified atom stereocenters. The number of hydrogen-bond donors (Lipinski definition) is 3. The second kappa shape index (κ2) is 6.67. The molecule has 0 spiro atoms. The van der Waals surface area contributed by atoms with Crippen molar-refractivity contribution in [1.82, 2.24) is 10.6 Å². The van der Waals surface area contributed by atoms with Crippen LogP contribution in [-0.2, 0) is 4.79 Å². The number of rotatable bonds is 3. The summed E-state index contributed by atoms with van der Waals surface area (Å²) in [6.07, 6.45) is 2.01. The number of halogens is 1. The van der Waals surface area contributed by atoms with Crippen molar-refractivity contribution in [2.45, 2.75) is 18.9 Å². The number of anilines is 2. The first-order valence-electron chi connectivity index (χ1n) is 6.90. The number of carbonyl (C=O) groups is 2. The van der Waals surface area contributed by atoms with Gasteiger partial charge in [-0.2, -0.15) is 0 Å². The average Bonchev–Trinajstić information content (AvgIpc) is 3.22. The maximum absolute atomic E-state index is 11.9.